The molecule has 0 bridgehead atoms. The molecule has 1 aromatic rings. The number of unbranched alkanes of at least 4 members (excludes halogenated alkanes) is 2. The zero-order valence-electron chi connectivity index (χ0n) is 12.2. The van der Waals surface area contributed by atoms with Crippen molar-refractivity contribution in [3.05, 3.63) is 47.5 Å². The molecule has 0 fully saturated rings. The van der Waals surface area contributed by atoms with E-state index in [1.807, 2.05) is 0 Å². The Kier molecular flexibility index (Phi) is 8.23. The summed E-state index contributed by atoms with van der Waals surface area (Å²) in [5, 5.41) is 1.05. The molecule has 0 aliphatic rings. The van der Waals surface area contributed by atoms with Crippen molar-refractivity contribution in [1.82, 2.24) is 0 Å². The second kappa shape index (κ2) is 10.0. The predicted octanol–water partition coefficient (Wildman–Crippen LogP) is 3.34. The lowest BCUT2D eigenvalue weighted by molar-refractivity contribution is 0.199. The van der Waals surface area contributed by atoms with Crippen LogP contribution in [0.15, 0.2) is 52.4 Å². The highest BCUT2D eigenvalue weighted by Gasteiger charge is 2.07. The molecule has 0 aromatic heterocycles. The fourth-order valence-corrected chi connectivity index (χ4v) is 2.39. The monoisotopic (exact) mass is 304 g/mol. The van der Waals surface area contributed by atoms with Gasteiger partial charge in [0.1, 0.15) is 6.61 Å². The first-order chi connectivity index (χ1) is 10.2. The Hall–Kier alpha value is -1.79. The summed E-state index contributed by atoms with van der Waals surface area (Å²) >= 11 is 0. The Labute approximate surface area is 127 Å². The summed E-state index contributed by atoms with van der Waals surface area (Å²) in [6, 6.07) is 8.25. The van der Waals surface area contributed by atoms with Gasteiger partial charge in [-0.1, -0.05) is 37.5 Å². The average Bonchev–Trinajstić information content (AvgIpc) is 2.50. The Morgan fingerprint density at radius 3 is 2.67 bits per heavy atom. The van der Waals surface area contributed by atoms with E-state index in [0.29, 0.717) is 13.2 Å². The first-order valence-electron chi connectivity index (χ1n) is 6.91. The molecule has 0 aliphatic heterocycles. The van der Waals surface area contributed by atoms with E-state index < -0.39 is 9.84 Å². The summed E-state index contributed by atoms with van der Waals surface area (Å²) in [5.74, 6) is 5.91. The van der Waals surface area contributed by atoms with E-state index in [1.54, 1.807) is 30.3 Å². The molecule has 0 unspecified atom stereocenters. The Bertz CT molecular complexity index is 628. The van der Waals surface area contributed by atoms with Gasteiger partial charge in [-0.3, -0.25) is 0 Å². The second-order valence-corrected chi connectivity index (χ2v) is 6.12. The molecule has 21 heavy (non-hydrogen) atoms. The van der Waals surface area contributed by atoms with Crippen LogP contribution < -0.4 is 0 Å². The quantitative estimate of drug-likeness (QED) is 0.441. The third-order valence-electron chi connectivity index (χ3n) is 2.57. The summed E-state index contributed by atoms with van der Waals surface area (Å²) < 4.78 is 29.0. The van der Waals surface area contributed by atoms with Gasteiger partial charge < -0.3 is 4.74 Å². The summed E-state index contributed by atoms with van der Waals surface area (Å²) in [5.41, 5.74) is 2.62. The molecule has 0 radical (unpaired) electrons. The molecule has 0 spiro atoms. The number of hydrogen-bond donors (Lipinski definition) is 0. The van der Waals surface area contributed by atoms with Gasteiger partial charge >= 0.3 is 0 Å². The zero-order valence-corrected chi connectivity index (χ0v) is 13.0. The Balaban J connectivity index is 2.37. The van der Waals surface area contributed by atoms with E-state index in [1.165, 1.54) is 6.08 Å². The number of benzene rings is 1. The van der Waals surface area contributed by atoms with Gasteiger partial charge in [0.25, 0.3) is 0 Å². The van der Waals surface area contributed by atoms with Crippen LogP contribution in [0.4, 0.5) is 0 Å². The lowest BCUT2D eigenvalue weighted by atomic mass is 10.2. The predicted molar refractivity (Wildman–Crippen MR) is 84.4 cm³/mol. The Morgan fingerprint density at radius 2 is 1.95 bits per heavy atom. The minimum absolute atomic E-state index is 0.258. The molecule has 1 aromatic carbocycles. The van der Waals surface area contributed by atoms with E-state index in [4.69, 9.17) is 4.74 Å². The van der Waals surface area contributed by atoms with Gasteiger partial charge in [-0.15, -0.1) is 11.7 Å². The van der Waals surface area contributed by atoms with Gasteiger partial charge in [-0.05, 0) is 24.6 Å². The summed E-state index contributed by atoms with van der Waals surface area (Å²) in [7, 11) is -3.42. The lowest BCUT2D eigenvalue weighted by Gasteiger charge is -1.95. The highest BCUT2D eigenvalue weighted by Crippen LogP contribution is 2.10. The van der Waals surface area contributed by atoms with Crippen molar-refractivity contribution in [1.29, 1.82) is 0 Å². The number of sulfone groups is 1. The van der Waals surface area contributed by atoms with Crippen molar-refractivity contribution in [2.45, 2.75) is 31.1 Å². The van der Waals surface area contributed by atoms with E-state index in [0.717, 1.165) is 24.7 Å². The average molecular weight is 304 g/mol. The molecule has 112 valence electrons. The highest BCUT2D eigenvalue weighted by molar-refractivity contribution is 7.94. The number of hydrogen-bond acceptors (Lipinski definition) is 3. The summed E-state index contributed by atoms with van der Waals surface area (Å²) in [6.45, 7) is 2.77. The number of rotatable bonds is 7. The van der Waals surface area contributed by atoms with Gasteiger partial charge in [0, 0.05) is 6.42 Å². The molecular formula is C17H20O3S. The van der Waals surface area contributed by atoms with Crippen LogP contribution in [0.1, 0.15) is 26.2 Å². The van der Waals surface area contributed by atoms with Crippen molar-refractivity contribution in [3.63, 3.8) is 0 Å². The van der Waals surface area contributed by atoms with Crippen LogP contribution in [0, 0.1) is 11.8 Å². The van der Waals surface area contributed by atoms with Gasteiger partial charge in [-0.25, -0.2) is 8.42 Å². The highest BCUT2D eigenvalue weighted by atomic mass is 32.2. The second-order valence-electron chi connectivity index (χ2n) is 4.32. The first kappa shape index (κ1) is 17.3. The molecule has 4 heteroatoms. The van der Waals surface area contributed by atoms with Crippen LogP contribution in [-0.2, 0) is 14.6 Å². The maximum atomic E-state index is 11.9. The zero-order chi connectivity index (χ0) is 15.4. The van der Waals surface area contributed by atoms with Crippen LogP contribution in [0.3, 0.4) is 0 Å². The minimum Gasteiger partial charge on any atom is -0.364 e. The minimum atomic E-state index is -3.42. The lowest BCUT2D eigenvalue weighted by Crippen LogP contribution is -1.94. The van der Waals surface area contributed by atoms with Crippen LogP contribution in [0.25, 0.3) is 0 Å². The molecule has 0 aliphatic carbocycles. The fourth-order valence-electron chi connectivity index (χ4n) is 1.44. The van der Waals surface area contributed by atoms with E-state index in [-0.39, 0.29) is 4.90 Å². The molecule has 0 heterocycles. The van der Waals surface area contributed by atoms with Gasteiger partial charge in [-0.2, -0.15) is 0 Å². The molecule has 1 rings (SSSR count). The molecule has 0 saturated heterocycles. The van der Waals surface area contributed by atoms with Crippen molar-refractivity contribution in [3.8, 4) is 11.8 Å². The molecule has 0 amide bonds. The molecular weight excluding hydrogens is 284 g/mol. The van der Waals surface area contributed by atoms with Crippen molar-refractivity contribution < 1.29 is 13.2 Å². The smallest absolute Gasteiger partial charge is 0.207 e. The molecule has 0 atom stereocenters. The topological polar surface area (TPSA) is 43.4 Å². The van der Waals surface area contributed by atoms with E-state index >= 15 is 0 Å². The Morgan fingerprint density at radius 1 is 1.19 bits per heavy atom. The van der Waals surface area contributed by atoms with Gasteiger partial charge in [0.2, 0.25) is 9.84 Å². The molecule has 0 N–H and O–H groups in total. The standard InChI is InChI=1S/C17H20O3S/c1-2-3-4-5-9-14-20-15-10-11-16-21(18,19)17-12-7-6-8-13-17/h6-8,10,12-13,16H,2-4,14-15H2,1H3. The third kappa shape index (κ3) is 7.53. The van der Waals surface area contributed by atoms with Crippen LogP contribution in [0.2, 0.25) is 0 Å². The largest absolute Gasteiger partial charge is 0.364 e. The van der Waals surface area contributed by atoms with Crippen molar-refractivity contribution in [2.24, 2.45) is 0 Å². The SMILES string of the molecule is CCCCC#CCOCC=C=CS(=O)(=O)c1ccccc1. The summed E-state index contributed by atoms with van der Waals surface area (Å²) in [6.07, 6.45) is 4.67. The van der Waals surface area contributed by atoms with Crippen LogP contribution in [-0.4, -0.2) is 21.6 Å². The fraction of sp³-hybridized carbons (Fsp3) is 0.353. The maximum Gasteiger partial charge on any atom is 0.207 e. The van der Waals surface area contributed by atoms with Crippen LogP contribution in [0.5, 0.6) is 0 Å². The molecule has 3 nitrogen and oxygen atoms in total. The van der Waals surface area contributed by atoms with Gasteiger partial charge in [0.15, 0.2) is 0 Å². The van der Waals surface area contributed by atoms with E-state index in [2.05, 4.69) is 24.5 Å². The van der Waals surface area contributed by atoms with Crippen molar-refractivity contribution in [2.75, 3.05) is 13.2 Å². The summed E-state index contributed by atoms with van der Waals surface area (Å²) in [4.78, 5) is 0.258. The maximum absolute atomic E-state index is 11.9. The van der Waals surface area contributed by atoms with E-state index in [9.17, 15) is 8.42 Å². The number of ether oxygens (including phenoxy) is 1. The molecule has 0 saturated carbocycles. The third-order valence-corrected chi connectivity index (χ3v) is 3.94. The normalized spacial score (nSPS) is 10.1. The van der Waals surface area contributed by atoms with Gasteiger partial charge in [0.05, 0.1) is 16.9 Å². The van der Waals surface area contributed by atoms with Crippen LogP contribution >= 0.6 is 0 Å². The first-order valence-corrected chi connectivity index (χ1v) is 8.46. The van der Waals surface area contributed by atoms with Crippen molar-refractivity contribution >= 4 is 9.84 Å².